The van der Waals surface area contributed by atoms with Gasteiger partial charge in [-0.2, -0.15) is 0 Å². The minimum atomic E-state index is -0.737. The van der Waals surface area contributed by atoms with Crippen LogP contribution in [0.1, 0.15) is 62.7 Å². The molecule has 3 aliphatic rings. The first-order chi connectivity index (χ1) is 14.8. The number of nitrogens with one attached hydrogen (secondary N) is 1. The summed E-state index contributed by atoms with van der Waals surface area (Å²) in [6.07, 6.45) is 9.27. The van der Waals surface area contributed by atoms with Crippen molar-refractivity contribution in [2.45, 2.75) is 58.4 Å². The number of carbonyl (C=O) groups is 2. The van der Waals surface area contributed by atoms with E-state index in [9.17, 15) is 9.59 Å². The van der Waals surface area contributed by atoms with E-state index in [4.69, 9.17) is 5.11 Å². The molecule has 31 heavy (non-hydrogen) atoms. The fourth-order valence-electron chi connectivity index (χ4n) is 5.56. The fourth-order valence-corrected chi connectivity index (χ4v) is 7.24. The molecule has 5 rings (SSSR count). The number of amides is 1. The fraction of sp³-hybridized carbons (Fsp3) is 0.520. The summed E-state index contributed by atoms with van der Waals surface area (Å²) in [6.45, 7) is 4.69. The summed E-state index contributed by atoms with van der Waals surface area (Å²) in [6, 6.07) is 6.10. The number of aliphatic carboxylic acids is 1. The molecule has 166 valence electrons. The van der Waals surface area contributed by atoms with Gasteiger partial charge in [0.15, 0.2) is 0 Å². The van der Waals surface area contributed by atoms with Crippen LogP contribution in [-0.4, -0.2) is 23.0 Å². The van der Waals surface area contributed by atoms with Gasteiger partial charge in [-0.1, -0.05) is 38.1 Å². The number of carbonyl (C=O) groups excluding carboxylic acids is 1. The zero-order valence-electron chi connectivity index (χ0n) is 18.1. The molecule has 0 radical (unpaired) electrons. The number of carboxylic acid groups (broad SMARTS) is 1. The number of benzene rings is 1. The van der Waals surface area contributed by atoms with Crippen LogP contribution < -0.4 is 5.32 Å². The Balaban J connectivity index is 1.47. The van der Waals surface area contributed by atoms with Crippen molar-refractivity contribution >= 4 is 49.2 Å². The lowest BCUT2D eigenvalue weighted by molar-refractivity contribution is -0.137. The highest BCUT2D eigenvalue weighted by Gasteiger charge is 2.57. The van der Waals surface area contributed by atoms with Crippen LogP contribution >= 0.6 is 27.3 Å². The van der Waals surface area contributed by atoms with Gasteiger partial charge in [-0.15, -0.1) is 11.3 Å². The Morgan fingerprint density at radius 2 is 2.10 bits per heavy atom. The van der Waals surface area contributed by atoms with E-state index in [1.807, 2.05) is 23.6 Å². The van der Waals surface area contributed by atoms with Crippen molar-refractivity contribution in [3.8, 4) is 0 Å². The Morgan fingerprint density at radius 3 is 2.84 bits per heavy atom. The largest absolute Gasteiger partial charge is 0.481 e. The zero-order valence-corrected chi connectivity index (χ0v) is 20.5. The van der Waals surface area contributed by atoms with Crippen LogP contribution in [0.25, 0.3) is 10.1 Å². The molecule has 3 aliphatic carbocycles. The molecule has 0 spiro atoms. The van der Waals surface area contributed by atoms with Crippen LogP contribution in [0.3, 0.4) is 0 Å². The lowest BCUT2D eigenvalue weighted by Crippen LogP contribution is -2.63. The highest BCUT2D eigenvalue weighted by atomic mass is 79.9. The third-order valence-corrected chi connectivity index (χ3v) is 9.53. The van der Waals surface area contributed by atoms with Gasteiger partial charge in [0, 0.05) is 32.4 Å². The number of fused-ring (bicyclic) bond motifs is 3. The van der Waals surface area contributed by atoms with Crippen LogP contribution in [0.2, 0.25) is 0 Å². The maximum Gasteiger partial charge on any atom is 0.303 e. The number of carboxylic acids is 1. The van der Waals surface area contributed by atoms with Gasteiger partial charge in [-0.3, -0.25) is 9.59 Å². The Bertz CT molecular complexity index is 1010. The van der Waals surface area contributed by atoms with Gasteiger partial charge in [0.05, 0.1) is 5.56 Å². The van der Waals surface area contributed by atoms with E-state index in [-0.39, 0.29) is 23.8 Å². The van der Waals surface area contributed by atoms with E-state index in [1.54, 1.807) is 11.3 Å². The van der Waals surface area contributed by atoms with E-state index in [0.29, 0.717) is 18.3 Å². The summed E-state index contributed by atoms with van der Waals surface area (Å²) in [5.74, 6) is 0.966. The van der Waals surface area contributed by atoms with Crippen molar-refractivity contribution in [2.24, 2.45) is 23.2 Å². The second-order valence-corrected chi connectivity index (χ2v) is 11.3. The van der Waals surface area contributed by atoms with Crippen LogP contribution in [0.4, 0.5) is 0 Å². The molecule has 4 atom stereocenters. The SMILES string of the molecule is CC1(C)[C@@H]2C[C@@H](CC=CCCCC(=O)O)C(NC(=O)c3cccc4c(Br)csc34)[C@H]1C2. The van der Waals surface area contributed by atoms with Crippen molar-refractivity contribution in [2.75, 3.05) is 0 Å². The lowest BCUT2D eigenvalue weighted by Gasteiger charge is -2.62. The first-order valence-electron chi connectivity index (χ1n) is 11.1. The summed E-state index contributed by atoms with van der Waals surface area (Å²) in [5, 5.41) is 15.3. The number of rotatable bonds is 8. The standard InChI is InChI=1S/C25H30BrNO3S/c1-25(2)16-12-15(8-5-3-4-6-11-21(28)29)22(19(25)13-16)27-24(30)18-10-7-9-17-20(26)14-31-23(17)18/h3,5,7,9-10,14-16,19,22H,4,6,8,11-13H2,1-2H3,(H,27,30)(H,28,29)/t15-,16-,19-,22?/m1/s1. The molecule has 4 nitrogen and oxygen atoms in total. The summed E-state index contributed by atoms with van der Waals surface area (Å²) in [5.41, 5.74) is 1.04. The average Bonchev–Trinajstić information content (AvgIpc) is 3.11. The maximum atomic E-state index is 13.3. The molecule has 1 amide bonds. The molecular formula is C25H30BrNO3S. The van der Waals surface area contributed by atoms with Gasteiger partial charge in [-0.25, -0.2) is 0 Å². The van der Waals surface area contributed by atoms with Crippen molar-refractivity contribution < 1.29 is 14.7 Å². The molecule has 0 aliphatic heterocycles. The molecule has 0 saturated heterocycles. The van der Waals surface area contributed by atoms with Crippen LogP contribution in [0.5, 0.6) is 0 Å². The van der Waals surface area contributed by atoms with Gasteiger partial charge < -0.3 is 10.4 Å². The topological polar surface area (TPSA) is 66.4 Å². The monoisotopic (exact) mass is 503 g/mol. The summed E-state index contributed by atoms with van der Waals surface area (Å²) < 4.78 is 2.07. The van der Waals surface area contributed by atoms with Crippen LogP contribution in [0, 0.1) is 23.2 Å². The number of unbranched alkanes of at least 4 members (excludes halogenated alkanes) is 1. The minimum Gasteiger partial charge on any atom is -0.481 e. The minimum absolute atomic E-state index is 0.0292. The third-order valence-electron chi connectivity index (χ3n) is 7.54. The first-order valence-corrected chi connectivity index (χ1v) is 12.8. The Morgan fingerprint density at radius 1 is 1.29 bits per heavy atom. The number of halogens is 1. The van der Waals surface area contributed by atoms with E-state index in [1.165, 1.54) is 6.42 Å². The highest BCUT2D eigenvalue weighted by molar-refractivity contribution is 9.10. The summed E-state index contributed by atoms with van der Waals surface area (Å²) in [7, 11) is 0. The molecule has 2 aromatic rings. The van der Waals surface area contributed by atoms with Crippen molar-refractivity contribution in [3.05, 3.63) is 45.8 Å². The van der Waals surface area contributed by atoms with Crippen molar-refractivity contribution in [3.63, 3.8) is 0 Å². The summed E-state index contributed by atoms with van der Waals surface area (Å²) >= 11 is 5.19. The number of allylic oxidation sites excluding steroid dienone is 2. The number of hydrogen-bond donors (Lipinski definition) is 2. The zero-order chi connectivity index (χ0) is 22.2. The van der Waals surface area contributed by atoms with Crippen LogP contribution in [0.15, 0.2) is 40.2 Å². The Kier molecular flexibility index (Phi) is 6.59. The van der Waals surface area contributed by atoms with Crippen molar-refractivity contribution in [1.29, 1.82) is 0 Å². The van der Waals surface area contributed by atoms with Gasteiger partial charge in [0.25, 0.3) is 5.91 Å². The molecule has 3 fully saturated rings. The molecule has 3 saturated carbocycles. The molecule has 1 heterocycles. The first kappa shape index (κ1) is 22.5. The van der Waals surface area contributed by atoms with Crippen LogP contribution in [-0.2, 0) is 4.79 Å². The van der Waals surface area contributed by atoms with Crippen molar-refractivity contribution in [1.82, 2.24) is 5.32 Å². The molecule has 6 heteroatoms. The normalized spacial score (nSPS) is 26.7. The third kappa shape index (κ3) is 4.47. The predicted octanol–water partition coefficient (Wildman–Crippen LogP) is 6.65. The van der Waals surface area contributed by atoms with Gasteiger partial charge in [0.2, 0.25) is 0 Å². The van der Waals surface area contributed by atoms with Gasteiger partial charge in [0.1, 0.15) is 0 Å². The maximum absolute atomic E-state index is 13.3. The number of thiophene rings is 1. The van der Waals surface area contributed by atoms with E-state index >= 15 is 0 Å². The predicted molar refractivity (Wildman–Crippen MR) is 130 cm³/mol. The number of hydrogen-bond acceptors (Lipinski definition) is 3. The van der Waals surface area contributed by atoms with E-state index < -0.39 is 5.97 Å². The lowest BCUT2D eigenvalue weighted by atomic mass is 9.44. The highest BCUT2D eigenvalue weighted by Crippen LogP contribution is 2.61. The van der Waals surface area contributed by atoms with Gasteiger partial charge in [-0.05, 0) is 77.3 Å². The average molecular weight is 504 g/mol. The smallest absolute Gasteiger partial charge is 0.303 e. The second-order valence-electron chi connectivity index (χ2n) is 9.61. The summed E-state index contributed by atoms with van der Waals surface area (Å²) in [4.78, 5) is 24.0. The molecule has 1 aromatic carbocycles. The molecule has 2 N–H and O–H groups in total. The quantitative estimate of drug-likeness (QED) is 0.313. The second kappa shape index (κ2) is 9.07. The molecule has 1 aromatic heterocycles. The molecule has 2 bridgehead atoms. The Labute approximate surface area is 196 Å². The molecule has 1 unspecified atom stereocenters. The van der Waals surface area contributed by atoms with Gasteiger partial charge >= 0.3 is 5.97 Å². The van der Waals surface area contributed by atoms with E-state index in [2.05, 4.69) is 47.2 Å². The van der Waals surface area contributed by atoms with E-state index in [0.717, 1.165) is 45.3 Å². The molecular weight excluding hydrogens is 474 g/mol. The Hall–Kier alpha value is -1.66.